The fraction of sp³-hybridized carbons (Fsp3) is 0.533. The van der Waals surface area contributed by atoms with E-state index in [2.05, 4.69) is 0 Å². The molecule has 2 unspecified atom stereocenters. The first-order valence-electron chi connectivity index (χ1n) is 6.73. The van der Waals surface area contributed by atoms with Gasteiger partial charge in [0.15, 0.2) is 6.10 Å². The molecule has 1 spiro atoms. The number of aryl methyl sites for hydroxylation is 1. The van der Waals surface area contributed by atoms with E-state index in [1.807, 2.05) is 25.1 Å². The van der Waals surface area contributed by atoms with E-state index in [4.69, 9.17) is 14.2 Å². The number of carbonyl (C=O) groups is 1. The van der Waals surface area contributed by atoms with E-state index < -0.39 is 11.7 Å². The summed E-state index contributed by atoms with van der Waals surface area (Å²) >= 11 is 0. The van der Waals surface area contributed by atoms with Crippen molar-refractivity contribution in [2.75, 3.05) is 13.7 Å². The highest BCUT2D eigenvalue weighted by Crippen LogP contribution is 2.54. The Kier molecular flexibility index (Phi) is 2.97. The molecular formula is C15H18O4. The number of ether oxygens (including phenoxy) is 3. The van der Waals surface area contributed by atoms with Gasteiger partial charge < -0.3 is 14.2 Å². The predicted octanol–water partition coefficient (Wildman–Crippen LogP) is 2.19. The summed E-state index contributed by atoms with van der Waals surface area (Å²) in [5.41, 5.74) is 1.90. The molecule has 1 aliphatic heterocycles. The van der Waals surface area contributed by atoms with Crippen LogP contribution in [0.1, 0.15) is 30.9 Å². The van der Waals surface area contributed by atoms with E-state index in [1.165, 1.54) is 5.56 Å². The number of esters is 1. The third-order valence-electron chi connectivity index (χ3n) is 3.96. The first-order valence-corrected chi connectivity index (χ1v) is 6.73. The molecule has 0 radical (unpaired) electrons. The largest absolute Gasteiger partial charge is 0.497 e. The lowest BCUT2D eigenvalue weighted by Gasteiger charge is -2.23. The van der Waals surface area contributed by atoms with Crippen LogP contribution in [0.25, 0.3) is 0 Å². The smallest absolute Gasteiger partial charge is 0.338 e. The van der Waals surface area contributed by atoms with Crippen molar-refractivity contribution in [2.45, 2.75) is 37.9 Å². The summed E-state index contributed by atoms with van der Waals surface area (Å²) in [4.78, 5) is 11.8. The number of rotatable bonds is 3. The standard InChI is InChI=1S/C15H18O4/c1-3-18-14(16)13-15(19-13)8-4-5-10-9-11(17-2)6-7-12(10)15/h6-7,9,13H,3-5,8H2,1-2H3. The summed E-state index contributed by atoms with van der Waals surface area (Å²) < 4.78 is 16.1. The highest BCUT2D eigenvalue weighted by Gasteiger charge is 2.63. The average Bonchev–Trinajstić information content (AvgIpc) is 3.14. The number of hydrogen-bond donors (Lipinski definition) is 0. The van der Waals surface area contributed by atoms with Crippen molar-refractivity contribution in [1.29, 1.82) is 0 Å². The van der Waals surface area contributed by atoms with Crippen molar-refractivity contribution in [1.82, 2.24) is 0 Å². The summed E-state index contributed by atoms with van der Waals surface area (Å²) in [5, 5.41) is 0. The maximum atomic E-state index is 11.8. The molecule has 4 heteroatoms. The topological polar surface area (TPSA) is 48.1 Å². The normalized spacial score (nSPS) is 27.8. The maximum absolute atomic E-state index is 11.8. The fourth-order valence-corrected chi connectivity index (χ4v) is 3.02. The molecule has 1 heterocycles. The van der Waals surface area contributed by atoms with Gasteiger partial charge in [-0.25, -0.2) is 4.79 Å². The zero-order valence-electron chi connectivity index (χ0n) is 11.3. The van der Waals surface area contributed by atoms with E-state index >= 15 is 0 Å². The first-order chi connectivity index (χ1) is 9.21. The Labute approximate surface area is 112 Å². The zero-order chi connectivity index (χ0) is 13.5. The Morgan fingerprint density at radius 1 is 1.53 bits per heavy atom. The van der Waals surface area contributed by atoms with Gasteiger partial charge in [0.05, 0.1) is 13.7 Å². The highest BCUT2D eigenvalue weighted by molar-refractivity contribution is 5.80. The Hall–Kier alpha value is -1.55. The number of methoxy groups -OCH3 is 1. The van der Waals surface area contributed by atoms with E-state index in [9.17, 15) is 4.79 Å². The van der Waals surface area contributed by atoms with Crippen molar-refractivity contribution in [3.63, 3.8) is 0 Å². The SMILES string of the molecule is CCOC(=O)C1OC12CCCc1cc(OC)ccc12. The van der Waals surface area contributed by atoms with Gasteiger partial charge in [0.25, 0.3) is 0 Å². The third-order valence-corrected chi connectivity index (χ3v) is 3.96. The van der Waals surface area contributed by atoms with Crippen molar-refractivity contribution in [3.05, 3.63) is 29.3 Å². The molecule has 1 saturated heterocycles. The maximum Gasteiger partial charge on any atom is 0.338 e. The minimum atomic E-state index is -0.438. The predicted molar refractivity (Wildman–Crippen MR) is 69.1 cm³/mol. The van der Waals surface area contributed by atoms with Gasteiger partial charge in [0, 0.05) is 0 Å². The molecule has 1 aliphatic carbocycles. The lowest BCUT2D eigenvalue weighted by Crippen LogP contribution is -2.25. The van der Waals surface area contributed by atoms with Gasteiger partial charge in [-0.1, -0.05) is 6.07 Å². The molecule has 1 aromatic carbocycles. The molecule has 1 aromatic rings. The van der Waals surface area contributed by atoms with Crippen molar-refractivity contribution in [3.8, 4) is 5.75 Å². The van der Waals surface area contributed by atoms with E-state index in [0.717, 1.165) is 30.6 Å². The first kappa shape index (κ1) is 12.5. The minimum absolute atomic E-state index is 0.244. The zero-order valence-corrected chi connectivity index (χ0v) is 11.3. The molecule has 2 aliphatic rings. The van der Waals surface area contributed by atoms with Crippen molar-refractivity contribution >= 4 is 5.97 Å². The number of benzene rings is 1. The van der Waals surface area contributed by atoms with Crippen LogP contribution in [0, 0.1) is 0 Å². The molecule has 0 N–H and O–H groups in total. The van der Waals surface area contributed by atoms with Gasteiger partial charge in [-0.15, -0.1) is 0 Å². The number of fused-ring (bicyclic) bond motifs is 2. The number of epoxide rings is 1. The second-order valence-electron chi connectivity index (χ2n) is 5.02. The Morgan fingerprint density at radius 2 is 2.37 bits per heavy atom. The molecule has 4 nitrogen and oxygen atoms in total. The minimum Gasteiger partial charge on any atom is -0.497 e. The molecule has 1 fully saturated rings. The fourth-order valence-electron chi connectivity index (χ4n) is 3.02. The van der Waals surface area contributed by atoms with Crippen LogP contribution >= 0.6 is 0 Å². The summed E-state index contributed by atoms with van der Waals surface area (Å²) in [7, 11) is 1.66. The van der Waals surface area contributed by atoms with Crippen LogP contribution < -0.4 is 4.74 Å². The highest BCUT2D eigenvalue weighted by atomic mass is 16.7. The van der Waals surface area contributed by atoms with Crippen LogP contribution in [0.5, 0.6) is 5.75 Å². The molecular weight excluding hydrogens is 244 g/mol. The quantitative estimate of drug-likeness (QED) is 0.619. The summed E-state index contributed by atoms with van der Waals surface area (Å²) in [6.07, 6.45) is 2.49. The molecule has 102 valence electrons. The summed E-state index contributed by atoms with van der Waals surface area (Å²) in [6, 6.07) is 5.99. The van der Waals surface area contributed by atoms with Gasteiger partial charge in [0.2, 0.25) is 0 Å². The second kappa shape index (κ2) is 4.53. The van der Waals surface area contributed by atoms with Crippen LogP contribution in [0.3, 0.4) is 0 Å². The van der Waals surface area contributed by atoms with E-state index in [0.29, 0.717) is 6.61 Å². The number of hydrogen-bond acceptors (Lipinski definition) is 4. The average molecular weight is 262 g/mol. The Morgan fingerprint density at radius 3 is 3.11 bits per heavy atom. The van der Waals surface area contributed by atoms with E-state index in [-0.39, 0.29) is 5.97 Å². The monoisotopic (exact) mass is 262 g/mol. The second-order valence-corrected chi connectivity index (χ2v) is 5.02. The number of carbonyl (C=O) groups excluding carboxylic acids is 1. The lowest BCUT2D eigenvalue weighted by atomic mass is 9.80. The van der Waals surface area contributed by atoms with Gasteiger partial charge >= 0.3 is 5.97 Å². The van der Waals surface area contributed by atoms with Gasteiger partial charge in [-0.05, 0) is 49.4 Å². The Bertz CT molecular complexity index is 511. The van der Waals surface area contributed by atoms with Crippen molar-refractivity contribution in [2.24, 2.45) is 0 Å². The van der Waals surface area contributed by atoms with Crippen LogP contribution in [0.2, 0.25) is 0 Å². The van der Waals surface area contributed by atoms with Crippen LogP contribution in [-0.4, -0.2) is 25.8 Å². The summed E-state index contributed by atoms with van der Waals surface area (Å²) in [6.45, 7) is 2.21. The van der Waals surface area contributed by atoms with Gasteiger partial charge in [-0.2, -0.15) is 0 Å². The molecule has 2 atom stereocenters. The van der Waals surface area contributed by atoms with Crippen LogP contribution in [0.4, 0.5) is 0 Å². The molecule has 3 rings (SSSR count). The lowest BCUT2D eigenvalue weighted by molar-refractivity contribution is -0.144. The van der Waals surface area contributed by atoms with Crippen molar-refractivity contribution < 1.29 is 19.0 Å². The molecule has 0 aromatic heterocycles. The van der Waals surface area contributed by atoms with E-state index in [1.54, 1.807) is 7.11 Å². The van der Waals surface area contributed by atoms with Crippen LogP contribution in [0.15, 0.2) is 18.2 Å². The molecule has 0 saturated carbocycles. The third kappa shape index (κ3) is 1.91. The molecule has 19 heavy (non-hydrogen) atoms. The van der Waals surface area contributed by atoms with Gasteiger partial charge in [-0.3, -0.25) is 0 Å². The Balaban J connectivity index is 1.90. The molecule has 0 amide bonds. The van der Waals surface area contributed by atoms with Crippen LogP contribution in [-0.2, 0) is 26.3 Å². The van der Waals surface area contributed by atoms with Gasteiger partial charge in [0.1, 0.15) is 11.4 Å². The molecule has 0 bridgehead atoms. The summed E-state index contributed by atoms with van der Waals surface area (Å²) in [5.74, 6) is 0.607.